The fourth-order valence-corrected chi connectivity index (χ4v) is 5.29. The molecule has 1 unspecified atom stereocenters. The Morgan fingerprint density at radius 1 is 1.24 bits per heavy atom. The summed E-state index contributed by atoms with van der Waals surface area (Å²) in [6.45, 7) is 7.20. The normalized spacial score (nSPS) is 16.2. The summed E-state index contributed by atoms with van der Waals surface area (Å²) in [6, 6.07) is 10.2. The average Bonchev–Trinajstić information content (AvgIpc) is 3.49. The van der Waals surface area contributed by atoms with Crippen LogP contribution < -0.4 is 10.6 Å². The van der Waals surface area contributed by atoms with Crippen molar-refractivity contribution in [2.75, 3.05) is 18.4 Å². The maximum absolute atomic E-state index is 4.99. The molecule has 0 bridgehead atoms. The number of nitrogens with one attached hydrogen (secondary N) is 2. The third-order valence-electron chi connectivity index (χ3n) is 5.82. The molecular weight excluding hydrogens is 454 g/mol. The monoisotopic (exact) mass is 483 g/mol. The van der Waals surface area contributed by atoms with Crippen molar-refractivity contribution in [1.29, 1.82) is 0 Å². The fraction of sp³-hybridized carbons (Fsp3) is 0.375. The number of thioether (sulfide) groups is 1. The van der Waals surface area contributed by atoms with Crippen molar-refractivity contribution in [2.45, 2.75) is 49.4 Å². The standard InChI is InChI=1S/C24H29N7S.ClH/c1-17(2)21-15-27-24-23(29-22(16-30(21)24)32-19-8-5-10-25-14-19)26-13-18-7-3-4-9-20(18)31-12-6-11-28-31;/h3-4,6-7,9,11-12,15-17,19,25H,5,8,10,13-14H2,1-2H3,(H,26,29);1H. The number of aromatic nitrogens is 5. The van der Waals surface area contributed by atoms with Crippen LogP contribution in [0.5, 0.6) is 0 Å². The van der Waals surface area contributed by atoms with Crippen molar-refractivity contribution in [1.82, 2.24) is 29.5 Å². The van der Waals surface area contributed by atoms with E-state index in [9.17, 15) is 0 Å². The van der Waals surface area contributed by atoms with Crippen molar-refractivity contribution in [2.24, 2.45) is 0 Å². The number of fused-ring (bicyclic) bond motifs is 1. The Kier molecular flexibility index (Phi) is 7.57. The number of nitrogens with zero attached hydrogens (tertiary/aromatic N) is 5. The smallest absolute Gasteiger partial charge is 0.180 e. The first-order chi connectivity index (χ1) is 15.7. The Bertz CT molecular complexity index is 1180. The Hall–Kier alpha value is -2.55. The van der Waals surface area contributed by atoms with Gasteiger partial charge >= 0.3 is 0 Å². The number of piperidine rings is 1. The molecule has 5 rings (SSSR count). The molecule has 174 valence electrons. The van der Waals surface area contributed by atoms with Crippen LogP contribution in [0, 0.1) is 0 Å². The van der Waals surface area contributed by atoms with E-state index in [-0.39, 0.29) is 12.4 Å². The summed E-state index contributed by atoms with van der Waals surface area (Å²) in [7, 11) is 0. The van der Waals surface area contributed by atoms with E-state index < -0.39 is 0 Å². The summed E-state index contributed by atoms with van der Waals surface area (Å²) in [5, 5.41) is 13.1. The van der Waals surface area contributed by atoms with Crippen molar-refractivity contribution < 1.29 is 0 Å². The summed E-state index contributed by atoms with van der Waals surface area (Å²) in [5.41, 5.74) is 4.29. The summed E-state index contributed by atoms with van der Waals surface area (Å²) in [4.78, 5) is 9.70. The number of imidazole rings is 1. The molecule has 9 heteroatoms. The molecule has 0 radical (unpaired) electrons. The zero-order chi connectivity index (χ0) is 21.9. The van der Waals surface area contributed by atoms with Gasteiger partial charge < -0.3 is 10.6 Å². The number of para-hydroxylation sites is 1. The van der Waals surface area contributed by atoms with Gasteiger partial charge in [-0.3, -0.25) is 4.40 Å². The lowest BCUT2D eigenvalue weighted by Gasteiger charge is -2.22. The second-order valence-electron chi connectivity index (χ2n) is 8.48. The van der Waals surface area contributed by atoms with Crippen LogP contribution in [-0.4, -0.2) is 42.5 Å². The Morgan fingerprint density at radius 2 is 2.12 bits per heavy atom. The summed E-state index contributed by atoms with van der Waals surface area (Å²) in [6.07, 6.45) is 10.3. The van der Waals surface area contributed by atoms with Crippen LogP contribution in [0.1, 0.15) is 43.9 Å². The van der Waals surface area contributed by atoms with Gasteiger partial charge in [-0.15, -0.1) is 24.2 Å². The quantitative estimate of drug-likeness (QED) is 0.389. The fourth-order valence-electron chi connectivity index (χ4n) is 4.15. The molecule has 1 aliphatic rings. The lowest BCUT2D eigenvalue weighted by atomic mass is 10.1. The molecule has 0 spiro atoms. The molecule has 0 aliphatic carbocycles. The Balaban J connectivity index is 0.00000259. The number of rotatable bonds is 7. The van der Waals surface area contributed by atoms with Crippen LogP contribution >= 0.6 is 24.2 Å². The van der Waals surface area contributed by atoms with Gasteiger partial charge in [-0.05, 0) is 43.0 Å². The molecule has 3 aromatic heterocycles. The molecule has 0 saturated carbocycles. The van der Waals surface area contributed by atoms with Gasteiger partial charge in [0.25, 0.3) is 0 Å². The minimum Gasteiger partial charge on any atom is -0.363 e. The lowest BCUT2D eigenvalue weighted by Crippen LogP contribution is -2.31. The van der Waals surface area contributed by atoms with Crippen LogP contribution in [0.2, 0.25) is 0 Å². The summed E-state index contributed by atoms with van der Waals surface area (Å²) < 4.78 is 4.10. The molecule has 1 saturated heterocycles. The van der Waals surface area contributed by atoms with E-state index in [0.29, 0.717) is 17.7 Å². The molecule has 1 fully saturated rings. The molecule has 4 heterocycles. The van der Waals surface area contributed by atoms with E-state index in [1.165, 1.54) is 18.5 Å². The third-order valence-corrected chi connectivity index (χ3v) is 6.99. The first-order valence-electron chi connectivity index (χ1n) is 11.3. The Labute approximate surface area is 204 Å². The SMILES string of the molecule is CC(C)c1cnc2c(NCc3ccccc3-n3cccn3)nc(SC3CCCNC3)cn12.Cl. The number of halogens is 1. The average molecular weight is 484 g/mol. The largest absolute Gasteiger partial charge is 0.363 e. The van der Waals surface area contributed by atoms with Crippen LogP contribution in [0.15, 0.2) is 60.1 Å². The van der Waals surface area contributed by atoms with Crippen LogP contribution in [0.3, 0.4) is 0 Å². The molecule has 1 aromatic carbocycles. The maximum atomic E-state index is 4.99. The predicted octanol–water partition coefficient (Wildman–Crippen LogP) is 4.92. The first kappa shape index (κ1) is 23.6. The zero-order valence-corrected chi connectivity index (χ0v) is 20.6. The van der Waals surface area contributed by atoms with E-state index in [4.69, 9.17) is 9.97 Å². The number of hydrogen-bond acceptors (Lipinski definition) is 6. The van der Waals surface area contributed by atoms with Gasteiger partial charge in [0.2, 0.25) is 0 Å². The van der Waals surface area contributed by atoms with Gasteiger partial charge in [-0.25, -0.2) is 14.6 Å². The van der Waals surface area contributed by atoms with Crippen molar-refractivity contribution in [3.8, 4) is 5.69 Å². The van der Waals surface area contributed by atoms with Crippen LogP contribution in [0.25, 0.3) is 11.3 Å². The molecule has 2 N–H and O–H groups in total. The minimum absolute atomic E-state index is 0. The van der Waals surface area contributed by atoms with Gasteiger partial charge in [-0.1, -0.05) is 32.0 Å². The van der Waals surface area contributed by atoms with Crippen molar-refractivity contribution in [3.05, 3.63) is 66.4 Å². The second-order valence-corrected chi connectivity index (χ2v) is 9.80. The first-order valence-corrected chi connectivity index (χ1v) is 12.1. The lowest BCUT2D eigenvalue weighted by molar-refractivity contribution is 0.531. The van der Waals surface area contributed by atoms with Gasteiger partial charge in [0, 0.05) is 48.8 Å². The number of hydrogen-bond donors (Lipinski definition) is 2. The van der Waals surface area contributed by atoms with Gasteiger partial charge in [-0.2, -0.15) is 5.10 Å². The van der Waals surface area contributed by atoms with Crippen LogP contribution in [0.4, 0.5) is 5.82 Å². The molecule has 1 aliphatic heterocycles. The molecule has 0 amide bonds. The highest BCUT2D eigenvalue weighted by Gasteiger charge is 2.19. The summed E-state index contributed by atoms with van der Waals surface area (Å²) >= 11 is 1.86. The third kappa shape index (κ3) is 5.18. The van der Waals surface area contributed by atoms with Gasteiger partial charge in [0.15, 0.2) is 11.5 Å². The maximum Gasteiger partial charge on any atom is 0.180 e. The molecule has 33 heavy (non-hydrogen) atoms. The van der Waals surface area contributed by atoms with E-state index in [1.54, 1.807) is 6.20 Å². The highest BCUT2D eigenvalue weighted by molar-refractivity contribution is 7.99. The van der Waals surface area contributed by atoms with E-state index in [1.807, 2.05) is 41.0 Å². The Morgan fingerprint density at radius 3 is 2.88 bits per heavy atom. The molecule has 7 nitrogen and oxygen atoms in total. The second kappa shape index (κ2) is 10.6. The highest BCUT2D eigenvalue weighted by atomic mass is 35.5. The van der Waals surface area contributed by atoms with E-state index in [0.717, 1.165) is 40.8 Å². The van der Waals surface area contributed by atoms with Crippen molar-refractivity contribution >= 4 is 35.6 Å². The number of benzene rings is 1. The van der Waals surface area contributed by atoms with E-state index >= 15 is 0 Å². The zero-order valence-electron chi connectivity index (χ0n) is 18.9. The molecule has 4 aromatic rings. The van der Waals surface area contributed by atoms with Gasteiger partial charge in [0.05, 0.1) is 5.69 Å². The van der Waals surface area contributed by atoms with Crippen molar-refractivity contribution in [3.63, 3.8) is 0 Å². The molecule has 1 atom stereocenters. The summed E-state index contributed by atoms with van der Waals surface area (Å²) in [5.74, 6) is 1.20. The highest BCUT2D eigenvalue weighted by Crippen LogP contribution is 2.30. The van der Waals surface area contributed by atoms with E-state index in [2.05, 4.69) is 58.4 Å². The van der Waals surface area contributed by atoms with Gasteiger partial charge in [0.1, 0.15) is 5.03 Å². The molecular formula is C24H30ClN7S. The minimum atomic E-state index is 0. The topological polar surface area (TPSA) is 72.1 Å². The number of anilines is 1. The predicted molar refractivity (Wildman–Crippen MR) is 137 cm³/mol. The van der Waals surface area contributed by atoms with Crippen LogP contribution in [-0.2, 0) is 6.54 Å².